The fourth-order valence-corrected chi connectivity index (χ4v) is 8.15. The van der Waals surface area contributed by atoms with Crippen LogP contribution in [-0.4, -0.2) is 55.6 Å². The minimum atomic E-state index is -4.36. The number of imide groups is 1. The van der Waals surface area contributed by atoms with Gasteiger partial charge in [0.15, 0.2) is 5.82 Å². The van der Waals surface area contributed by atoms with Crippen LogP contribution < -0.4 is 24.6 Å². The van der Waals surface area contributed by atoms with E-state index < -0.39 is 51.9 Å². The highest BCUT2D eigenvalue weighted by Crippen LogP contribution is 2.44. The summed E-state index contributed by atoms with van der Waals surface area (Å²) < 4.78 is 42.1. The van der Waals surface area contributed by atoms with Crippen LogP contribution in [0.5, 0.6) is 5.75 Å². The van der Waals surface area contributed by atoms with Gasteiger partial charge in [-0.25, -0.2) is 13.4 Å². The van der Waals surface area contributed by atoms with Gasteiger partial charge >= 0.3 is 10.2 Å². The molecular weight excluding hydrogens is 681 g/mol. The molecule has 5 amide bonds. The van der Waals surface area contributed by atoms with Crippen molar-refractivity contribution in [2.45, 2.75) is 25.3 Å². The Morgan fingerprint density at radius 3 is 2.43 bits per heavy atom. The third-order valence-corrected chi connectivity index (χ3v) is 10.6. The number of nitrogens with one attached hydrogen (secondary N) is 3. The number of hydrogen-bond acceptors (Lipinski definition) is 8. The normalized spacial score (nSPS) is 18.0. The Kier molecular flexibility index (Phi) is 7.27. The first-order valence-corrected chi connectivity index (χ1v) is 17.2. The van der Waals surface area contributed by atoms with Crippen LogP contribution in [0.3, 0.4) is 0 Å². The van der Waals surface area contributed by atoms with Gasteiger partial charge in [0.1, 0.15) is 24.0 Å². The SMILES string of the molecule is O=C1CCC(N2C(=O)c3cccc4c(-c5ccc(CC(=O)Nc6ccc7c(F)c(N8CC(=O)NS8(=O)=O)c(O)cc7c6)cc5)ccc2c34)C(=O)N1. The number of phenols is 1. The maximum Gasteiger partial charge on any atom is 0.326 e. The maximum atomic E-state index is 15.4. The van der Waals surface area contributed by atoms with Crippen molar-refractivity contribution in [2.75, 3.05) is 21.1 Å². The first-order valence-electron chi connectivity index (χ1n) is 15.8. The maximum absolute atomic E-state index is 15.4. The highest BCUT2D eigenvalue weighted by Gasteiger charge is 2.41. The second-order valence-corrected chi connectivity index (χ2v) is 14.1. The van der Waals surface area contributed by atoms with Crippen molar-refractivity contribution in [3.63, 3.8) is 0 Å². The second-order valence-electron chi connectivity index (χ2n) is 12.5. The number of amides is 5. The highest BCUT2D eigenvalue weighted by molar-refractivity contribution is 7.92. The number of phenolic OH excluding ortho intramolecular Hbond substituents is 1. The summed E-state index contributed by atoms with van der Waals surface area (Å²) in [4.78, 5) is 64.0. The van der Waals surface area contributed by atoms with Gasteiger partial charge in [-0.1, -0.05) is 42.5 Å². The van der Waals surface area contributed by atoms with Crippen molar-refractivity contribution < 1.29 is 41.9 Å². The van der Waals surface area contributed by atoms with E-state index in [1.165, 1.54) is 23.1 Å². The van der Waals surface area contributed by atoms with Gasteiger partial charge in [0.05, 0.1) is 12.1 Å². The Morgan fingerprint density at radius 1 is 0.922 bits per heavy atom. The summed E-state index contributed by atoms with van der Waals surface area (Å²) in [6.45, 7) is -0.677. The summed E-state index contributed by atoms with van der Waals surface area (Å²) in [6.07, 6.45) is 0.388. The number of rotatable bonds is 6. The van der Waals surface area contributed by atoms with Gasteiger partial charge in [-0.3, -0.25) is 34.2 Å². The molecule has 3 aliphatic rings. The first-order chi connectivity index (χ1) is 24.4. The Bertz CT molecular complexity index is 2520. The number of carbonyl (C=O) groups excluding carboxylic acids is 5. The van der Waals surface area contributed by atoms with Gasteiger partial charge in [-0.2, -0.15) is 8.42 Å². The Labute approximate surface area is 288 Å². The number of piperidine rings is 1. The predicted molar refractivity (Wildman–Crippen MR) is 185 cm³/mol. The van der Waals surface area contributed by atoms with E-state index in [1.807, 2.05) is 24.3 Å². The summed E-state index contributed by atoms with van der Waals surface area (Å²) >= 11 is 0. The Hall–Kier alpha value is -6.35. The molecule has 4 N–H and O–H groups in total. The minimum Gasteiger partial charge on any atom is -0.506 e. The topological polar surface area (TPSA) is 182 Å². The number of benzene rings is 5. The zero-order valence-corrected chi connectivity index (χ0v) is 27.2. The molecule has 51 heavy (non-hydrogen) atoms. The van der Waals surface area contributed by atoms with Crippen molar-refractivity contribution >= 4 is 78.4 Å². The van der Waals surface area contributed by atoms with Gasteiger partial charge in [0, 0.05) is 28.4 Å². The van der Waals surface area contributed by atoms with Crippen molar-refractivity contribution in [3.8, 4) is 16.9 Å². The van der Waals surface area contributed by atoms with Crippen LogP contribution in [0, 0.1) is 5.82 Å². The molecule has 0 radical (unpaired) electrons. The zero-order valence-electron chi connectivity index (χ0n) is 26.4. The van der Waals surface area contributed by atoms with Crippen molar-refractivity contribution in [3.05, 3.63) is 95.8 Å². The van der Waals surface area contributed by atoms with Crippen LogP contribution in [0.4, 0.5) is 21.5 Å². The number of anilines is 3. The van der Waals surface area contributed by atoms with Crippen LogP contribution in [0.2, 0.25) is 0 Å². The van der Waals surface area contributed by atoms with Crippen molar-refractivity contribution in [1.29, 1.82) is 0 Å². The lowest BCUT2D eigenvalue weighted by atomic mass is 9.95. The molecule has 0 spiro atoms. The molecule has 3 aliphatic heterocycles. The molecule has 2 fully saturated rings. The van der Waals surface area contributed by atoms with Gasteiger partial charge in [0.25, 0.3) is 11.8 Å². The quantitative estimate of drug-likeness (QED) is 0.193. The molecule has 0 saturated carbocycles. The number of hydrogen-bond donors (Lipinski definition) is 4. The molecule has 5 aromatic carbocycles. The lowest BCUT2D eigenvalue weighted by Gasteiger charge is -2.30. The number of halogens is 1. The summed E-state index contributed by atoms with van der Waals surface area (Å²) in [5.41, 5.74) is 3.14. The highest BCUT2D eigenvalue weighted by atomic mass is 32.2. The molecule has 1 atom stereocenters. The lowest BCUT2D eigenvalue weighted by Crippen LogP contribution is -2.53. The summed E-state index contributed by atoms with van der Waals surface area (Å²) in [6, 6.07) is 21.0. The van der Waals surface area contributed by atoms with E-state index in [1.54, 1.807) is 35.1 Å². The summed E-state index contributed by atoms with van der Waals surface area (Å²) in [5, 5.41) is 17.3. The van der Waals surface area contributed by atoms with E-state index in [0.717, 1.165) is 28.0 Å². The molecule has 1 unspecified atom stereocenters. The average molecular weight is 708 g/mol. The molecule has 0 aliphatic carbocycles. The van der Waals surface area contributed by atoms with Crippen LogP contribution in [-0.2, 0) is 35.8 Å². The van der Waals surface area contributed by atoms with Crippen LogP contribution >= 0.6 is 0 Å². The average Bonchev–Trinajstić information content (AvgIpc) is 3.52. The van der Waals surface area contributed by atoms with E-state index in [-0.39, 0.29) is 47.8 Å². The van der Waals surface area contributed by atoms with Gasteiger partial charge in [-0.05, 0) is 70.3 Å². The third-order valence-electron chi connectivity index (χ3n) is 9.26. The van der Waals surface area contributed by atoms with E-state index in [4.69, 9.17) is 0 Å². The van der Waals surface area contributed by atoms with E-state index in [9.17, 15) is 37.5 Å². The molecule has 15 heteroatoms. The molecule has 13 nitrogen and oxygen atoms in total. The van der Waals surface area contributed by atoms with Crippen LogP contribution in [0.1, 0.15) is 28.8 Å². The number of fused-ring (bicyclic) bond motifs is 1. The van der Waals surface area contributed by atoms with Crippen LogP contribution in [0.25, 0.3) is 32.7 Å². The molecule has 3 heterocycles. The predicted octanol–water partition coefficient (Wildman–Crippen LogP) is 3.63. The fourth-order valence-electron chi connectivity index (χ4n) is 6.99. The van der Waals surface area contributed by atoms with E-state index in [0.29, 0.717) is 26.8 Å². The Morgan fingerprint density at radius 2 is 1.71 bits per heavy atom. The lowest BCUT2D eigenvalue weighted by molar-refractivity contribution is -0.134. The second kappa shape index (κ2) is 11.6. The molecule has 0 aromatic heterocycles. The summed E-state index contributed by atoms with van der Waals surface area (Å²) in [5.74, 6) is -4.12. The largest absolute Gasteiger partial charge is 0.506 e. The summed E-state index contributed by atoms with van der Waals surface area (Å²) in [7, 11) is -4.36. The molecule has 8 rings (SSSR count). The molecule has 256 valence electrons. The molecule has 0 bridgehead atoms. The van der Waals surface area contributed by atoms with Crippen molar-refractivity contribution in [2.24, 2.45) is 0 Å². The standard InChI is InChI=1S/C36H26FN5O8S/c37-33-23-9-8-21(15-20(23)16-28(43)34(33)41-17-31(46)40-51(41,49)50)38-30(45)14-18-4-6-19(7-5-18)22-10-11-26-32-24(22)2-1-3-25(32)36(48)42(26)27-12-13-29(44)39-35(27)47/h1-11,15-16,27,43H,12-14,17H2,(H,38,45)(H,40,46)(H,39,44,47). The van der Waals surface area contributed by atoms with E-state index >= 15 is 4.39 Å². The van der Waals surface area contributed by atoms with Gasteiger partial charge in [0.2, 0.25) is 17.7 Å². The van der Waals surface area contributed by atoms with Gasteiger partial charge < -0.3 is 10.4 Å². The Balaban J connectivity index is 1.00. The van der Waals surface area contributed by atoms with Gasteiger partial charge in [-0.15, -0.1) is 0 Å². The number of aromatic hydroxyl groups is 1. The number of nitrogens with zero attached hydrogens (tertiary/aromatic N) is 2. The zero-order chi connectivity index (χ0) is 35.8. The molecule has 2 saturated heterocycles. The van der Waals surface area contributed by atoms with Crippen LogP contribution in [0.15, 0.2) is 78.9 Å². The number of carbonyl (C=O) groups is 5. The van der Waals surface area contributed by atoms with E-state index in [2.05, 4.69) is 10.6 Å². The molecule has 5 aromatic rings. The first kappa shape index (κ1) is 31.9. The van der Waals surface area contributed by atoms with Crippen molar-refractivity contribution in [1.82, 2.24) is 10.0 Å². The smallest absolute Gasteiger partial charge is 0.326 e. The monoisotopic (exact) mass is 707 g/mol. The molecular formula is C36H26FN5O8S. The minimum absolute atomic E-state index is 0.00393. The third kappa shape index (κ3) is 5.29. The fraction of sp³-hybridized carbons (Fsp3) is 0.139.